The number of primary amides is 1. The van der Waals surface area contributed by atoms with Gasteiger partial charge in [-0.15, -0.1) is 0 Å². The molecule has 1 aliphatic rings. The molecule has 0 radical (unpaired) electrons. The molecule has 0 saturated carbocycles. The van der Waals surface area contributed by atoms with Crippen LogP contribution < -0.4 is 5.73 Å². The predicted molar refractivity (Wildman–Crippen MR) is 72.8 cm³/mol. The molecule has 4 nitrogen and oxygen atoms in total. The Morgan fingerprint density at radius 1 is 1.47 bits per heavy atom. The molecule has 0 aliphatic carbocycles. The number of halogens is 2. The summed E-state index contributed by atoms with van der Waals surface area (Å²) >= 11 is 3.21. The molecule has 2 rings (SSSR count). The van der Waals surface area contributed by atoms with Crippen LogP contribution in [0.15, 0.2) is 22.7 Å². The topological polar surface area (TPSA) is 66.6 Å². The van der Waals surface area contributed by atoms with Gasteiger partial charge in [0.05, 0.1) is 0 Å². The van der Waals surface area contributed by atoms with Crippen molar-refractivity contribution in [1.82, 2.24) is 4.90 Å². The normalized spacial score (nSPS) is 19.3. The lowest BCUT2D eigenvalue weighted by atomic mass is 9.90. The minimum atomic E-state index is -1.41. The van der Waals surface area contributed by atoms with E-state index in [0.717, 1.165) is 0 Å². The van der Waals surface area contributed by atoms with Crippen molar-refractivity contribution in [3.8, 4) is 0 Å². The fourth-order valence-electron chi connectivity index (χ4n) is 2.22. The smallest absolute Gasteiger partial charge is 0.249 e. The molecule has 1 aromatic carbocycles. The van der Waals surface area contributed by atoms with E-state index in [1.54, 1.807) is 12.1 Å². The van der Waals surface area contributed by atoms with E-state index in [1.165, 1.54) is 6.07 Å². The van der Waals surface area contributed by atoms with Gasteiger partial charge in [-0.05, 0) is 25.0 Å². The summed E-state index contributed by atoms with van der Waals surface area (Å²) in [6, 6.07) is 4.95. The van der Waals surface area contributed by atoms with Crippen LogP contribution >= 0.6 is 15.9 Å². The summed E-state index contributed by atoms with van der Waals surface area (Å²) in [4.78, 5) is 13.1. The molecule has 6 heteroatoms. The summed E-state index contributed by atoms with van der Waals surface area (Å²) in [6.07, 6.45) is 0.584. The maximum Gasteiger partial charge on any atom is 0.249 e. The van der Waals surface area contributed by atoms with Crippen molar-refractivity contribution in [2.75, 3.05) is 13.1 Å². The third-order valence-corrected chi connectivity index (χ3v) is 4.04. The van der Waals surface area contributed by atoms with E-state index in [-0.39, 0.29) is 5.82 Å². The second-order valence-corrected chi connectivity index (χ2v) is 5.82. The van der Waals surface area contributed by atoms with E-state index in [4.69, 9.17) is 5.73 Å². The molecule has 0 bridgehead atoms. The van der Waals surface area contributed by atoms with Crippen LogP contribution in [0, 0.1) is 5.82 Å². The number of carbonyl (C=O) groups excluding carboxylic acids is 1. The van der Waals surface area contributed by atoms with Crippen LogP contribution in [-0.2, 0) is 11.3 Å². The quantitative estimate of drug-likeness (QED) is 0.880. The molecule has 1 fully saturated rings. The SMILES string of the molecule is NC(=O)C1(O)CCN(Cc2ccc(Br)cc2F)CC1. The molecule has 1 aromatic rings. The molecule has 1 saturated heterocycles. The Morgan fingerprint density at radius 2 is 2.11 bits per heavy atom. The molecule has 1 heterocycles. The number of hydrogen-bond donors (Lipinski definition) is 2. The zero-order valence-electron chi connectivity index (χ0n) is 10.4. The van der Waals surface area contributed by atoms with Gasteiger partial charge >= 0.3 is 0 Å². The van der Waals surface area contributed by atoms with Gasteiger partial charge in [-0.1, -0.05) is 22.0 Å². The Labute approximate surface area is 119 Å². The minimum absolute atomic E-state index is 0.259. The minimum Gasteiger partial charge on any atom is -0.380 e. The molecule has 0 unspecified atom stereocenters. The number of benzene rings is 1. The summed E-state index contributed by atoms with van der Waals surface area (Å²) in [5.74, 6) is -0.938. The standard InChI is InChI=1S/C13H16BrFN2O2/c14-10-2-1-9(11(15)7-10)8-17-5-3-13(19,4-6-17)12(16)18/h1-2,7,19H,3-6,8H2,(H2,16,18). The number of carbonyl (C=O) groups is 1. The summed E-state index contributed by atoms with van der Waals surface area (Å²) in [5, 5.41) is 9.94. The van der Waals surface area contributed by atoms with E-state index in [0.29, 0.717) is 42.5 Å². The predicted octanol–water partition coefficient (Wildman–Crippen LogP) is 1.40. The molecule has 104 valence electrons. The van der Waals surface area contributed by atoms with E-state index in [2.05, 4.69) is 15.9 Å². The van der Waals surface area contributed by atoms with Crippen LogP contribution in [0.4, 0.5) is 4.39 Å². The Kier molecular flexibility index (Phi) is 4.23. The lowest BCUT2D eigenvalue weighted by Gasteiger charge is -2.36. The zero-order valence-corrected chi connectivity index (χ0v) is 12.0. The van der Waals surface area contributed by atoms with Gasteiger partial charge in [0, 0.05) is 29.7 Å². The summed E-state index contributed by atoms with van der Waals surface area (Å²) in [5.41, 5.74) is 4.36. The molecular weight excluding hydrogens is 315 g/mol. The molecule has 0 atom stereocenters. The van der Waals surface area contributed by atoms with Crippen LogP contribution in [0.3, 0.4) is 0 Å². The number of nitrogens with zero attached hydrogens (tertiary/aromatic N) is 1. The van der Waals surface area contributed by atoms with Gasteiger partial charge in [0.2, 0.25) is 5.91 Å². The molecule has 1 aliphatic heterocycles. The molecule has 0 aromatic heterocycles. The van der Waals surface area contributed by atoms with Crippen molar-refractivity contribution < 1.29 is 14.3 Å². The van der Waals surface area contributed by atoms with Crippen molar-refractivity contribution >= 4 is 21.8 Å². The Morgan fingerprint density at radius 3 is 2.63 bits per heavy atom. The highest BCUT2D eigenvalue weighted by Crippen LogP contribution is 2.24. The number of aliphatic hydroxyl groups is 1. The van der Waals surface area contributed by atoms with Crippen LogP contribution in [0.2, 0.25) is 0 Å². The lowest BCUT2D eigenvalue weighted by molar-refractivity contribution is -0.141. The van der Waals surface area contributed by atoms with Crippen molar-refractivity contribution in [1.29, 1.82) is 0 Å². The zero-order chi connectivity index (χ0) is 14.0. The van der Waals surface area contributed by atoms with Gasteiger partial charge < -0.3 is 10.8 Å². The number of piperidine rings is 1. The monoisotopic (exact) mass is 330 g/mol. The number of likely N-dealkylation sites (tertiary alicyclic amines) is 1. The Bertz CT molecular complexity index is 488. The van der Waals surface area contributed by atoms with Crippen LogP contribution in [0.1, 0.15) is 18.4 Å². The van der Waals surface area contributed by atoms with Crippen molar-refractivity contribution in [2.45, 2.75) is 25.0 Å². The molecule has 19 heavy (non-hydrogen) atoms. The maximum atomic E-state index is 13.7. The van der Waals surface area contributed by atoms with E-state index < -0.39 is 11.5 Å². The van der Waals surface area contributed by atoms with E-state index in [9.17, 15) is 14.3 Å². The number of amides is 1. The van der Waals surface area contributed by atoms with Crippen molar-refractivity contribution in [3.63, 3.8) is 0 Å². The van der Waals surface area contributed by atoms with Crippen LogP contribution in [-0.4, -0.2) is 34.6 Å². The fraction of sp³-hybridized carbons (Fsp3) is 0.462. The van der Waals surface area contributed by atoms with Crippen molar-refractivity contribution in [3.05, 3.63) is 34.1 Å². The van der Waals surface area contributed by atoms with Crippen LogP contribution in [0.5, 0.6) is 0 Å². The van der Waals surface area contributed by atoms with E-state index >= 15 is 0 Å². The fourth-order valence-corrected chi connectivity index (χ4v) is 2.55. The van der Waals surface area contributed by atoms with Gasteiger partial charge in [-0.2, -0.15) is 0 Å². The number of nitrogens with two attached hydrogens (primary N) is 1. The third kappa shape index (κ3) is 3.32. The summed E-state index contributed by atoms with van der Waals surface area (Å²) in [6.45, 7) is 1.51. The average molecular weight is 331 g/mol. The first-order valence-corrected chi connectivity index (χ1v) is 6.88. The molecule has 0 spiro atoms. The second-order valence-electron chi connectivity index (χ2n) is 4.91. The Hall–Kier alpha value is -0.980. The maximum absolute atomic E-state index is 13.7. The molecule has 1 amide bonds. The highest BCUT2D eigenvalue weighted by atomic mass is 79.9. The van der Waals surface area contributed by atoms with Gasteiger partial charge in [0.25, 0.3) is 0 Å². The first kappa shape index (κ1) is 14.4. The second kappa shape index (κ2) is 5.56. The van der Waals surface area contributed by atoms with Gasteiger partial charge in [0.15, 0.2) is 0 Å². The summed E-state index contributed by atoms with van der Waals surface area (Å²) < 4.78 is 14.4. The molecular formula is C13H16BrFN2O2. The first-order chi connectivity index (χ1) is 8.90. The average Bonchev–Trinajstić information content (AvgIpc) is 2.35. The first-order valence-electron chi connectivity index (χ1n) is 6.09. The van der Waals surface area contributed by atoms with Crippen LogP contribution in [0.25, 0.3) is 0 Å². The van der Waals surface area contributed by atoms with Gasteiger partial charge in [0.1, 0.15) is 11.4 Å². The van der Waals surface area contributed by atoms with E-state index in [1.807, 2.05) is 4.90 Å². The van der Waals surface area contributed by atoms with Gasteiger partial charge in [-0.3, -0.25) is 9.69 Å². The lowest BCUT2D eigenvalue weighted by Crippen LogP contribution is -2.52. The Balaban J connectivity index is 1.98. The molecule has 3 N–H and O–H groups in total. The summed E-state index contributed by atoms with van der Waals surface area (Å²) in [7, 11) is 0. The third-order valence-electron chi connectivity index (χ3n) is 3.55. The number of rotatable bonds is 3. The largest absolute Gasteiger partial charge is 0.380 e. The van der Waals surface area contributed by atoms with Gasteiger partial charge in [-0.25, -0.2) is 4.39 Å². The van der Waals surface area contributed by atoms with Crippen molar-refractivity contribution in [2.24, 2.45) is 5.73 Å². The highest BCUT2D eigenvalue weighted by molar-refractivity contribution is 9.10. The highest BCUT2D eigenvalue weighted by Gasteiger charge is 2.37. The number of hydrogen-bond acceptors (Lipinski definition) is 3.